The van der Waals surface area contributed by atoms with Crippen molar-refractivity contribution < 1.29 is 4.74 Å². The van der Waals surface area contributed by atoms with Crippen LogP contribution in [0.1, 0.15) is 20.3 Å². The van der Waals surface area contributed by atoms with E-state index in [-0.39, 0.29) is 11.6 Å². The number of nitrogen functional groups attached to an aromatic ring is 1. The van der Waals surface area contributed by atoms with Gasteiger partial charge in [-0.25, -0.2) is 0 Å². The van der Waals surface area contributed by atoms with Gasteiger partial charge in [-0.3, -0.25) is 4.98 Å². The highest BCUT2D eigenvalue weighted by Crippen LogP contribution is 2.34. The fourth-order valence-corrected chi connectivity index (χ4v) is 2.95. The molecule has 0 bridgehead atoms. The van der Waals surface area contributed by atoms with Gasteiger partial charge in [-0.15, -0.1) is 0 Å². The van der Waals surface area contributed by atoms with Crippen molar-refractivity contribution in [3.8, 4) is 0 Å². The van der Waals surface area contributed by atoms with Gasteiger partial charge < -0.3 is 15.8 Å². The zero-order chi connectivity index (χ0) is 14.3. The third kappa shape index (κ3) is 2.25. The summed E-state index contributed by atoms with van der Waals surface area (Å²) in [5.74, 6) is 0. The molecule has 0 spiro atoms. The number of hydrogen-bond donors (Lipinski definition) is 2. The second-order valence-electron chi connectivity index (χ2n) is 5.56. The third-order valence-electron chi connectivity index (χ3n) is 4.16. The number of ether oxygens (including phenoxy) is 1. The molecule has 0 saturated carbocycles. The molecule has 2 atom stereocenters. The number of rotatable bonds is 2. The van der Waals surface area contributed by atoms with E-state index in [1.165, 1.54) is 0 Å². The number of pyridine rings is 1. The molecule has 1 aliphatic rings. The van der Waals surface area contributed by atoms with Crippen LogP contribution in [0.25, 0.3) is 10.9 Å². The van der Waals surface area contributed by atoms with Gasteiger partial charge in [0.15, 0.2) is 0 Å². The van der Waals surface area contributed by atoms with Gasteiger partial charge in [0.1, 0.15) is 0 Å². The largest absolute Gasteiger partial charge is 0.398 e. The molecule has 5 heteroatoms. The predicted molar refractivity (Wildman–Crippen MR) is 85.9 cm³/mol. The first-order valence-corrected chi connectivity index (χ1v) is 7.52. The summed E-state index contributed by atoms with van der Waals surface area (Å²) in [5, 5.41) is 4.56. The van der Waals surface area contributed by atoms with Crippen molar-refractivity contribution in [3.63, 3.8) is 0 Å². The normalized spacial score (nSPS) is 26.1. The standard InChI is InChI=1S/C15H18BrN3O/c1-9-15(2,5-6-20-9)19-13-4-3-12(17)11-7-10(16)8-18-14(11)13/h3-4,7-9,19H,5-6,17H2,1-2H3. The Hall–Kier alpha value is -1.33. The molecule has 1 fully saturated rings. The summed E-state index contributed by atoms with van der Waals surface area (Å²) in [5.41, 5.74) is 8.61. The Morgan fingerprint density at radius 2 is 2.30 bits per heavy atom. The minimum Gasteiger partial charge on any atom is -0.398 e. The number of anilines is 2. The lowest BCUT2D eigenvalue weighted by Crippen LogP contribution is -2.41. The van der Waals surface area contributed by atoms with Crippen LogP contribution in [0.5, 0.6) is 0 Å². The van der Waals surface area contributed by atoms with Gasteiger partial charge in [0.2, 0.25) is 0 Å². The quantitative estimate of drug-likeness (QED) is 0.824. The first-order chi connectivity index (χ1) is 9.49. The van der Waals surface area contributed by atoms with Crippen molar-refractivity contribution in [2.24, 2.45) is 0 Å². The summed E-state index contributed by atoms with van der Waals surface area (Å²) in [6.07, 6.45) is 2.95. The van der Waals surface area contributed by atoms with Crippen molar-refractivity contribution in [2.75, 3.05) is 17.7 Å². The molecule has 0 aliphatic carbocycles. The smallest absolute Gasteiger partial charge is 0.0954 e. The van der Waals surface area contributed by atoms with Crippen molar-refractivity contribution in [1.29, 1.82) is 0 Å². The maximum Gasteiger partial charge on any atom is 0.0954 e. The number of nitrogens with zero attached hydrogens (tertiary/aromatic N) is 1. The van der Waals surface area contributed by atoms with Gasteiger partial charge in [-0.1, -0.05) is 0 Å². The van der Waals surface area contributed by atoms with E-state index in [4.69, 9.17) is 10.5 Å². The summed E-state index contributed by atoms with van der Waals surface area (Å²) in [7, 11) is 0. The Balaban J connectivity index is 2.06. The molecule has 106 valence electrons. The van der Waals surface area contributed by atoms with E-state index in [2.05, 4.69) is 40.1 Å². The Morgan fingerprint density at radius 1 is 1.50 bits per heavy atom. The van der Waals surface area contributed by atoms with Crippen molar-refractivity contribution in [3.05, 3.63) is 28.9 Å². The third-order valence-corrected chi connectivity index (χ3v) is 4.59. The van der Waals surface area contributed by atoms with Gasteiger partial charge >= 0.3 is 0 Å². The number of hydrogen-bond acceptors (Lipinski definition) is 4. The molecule has 0 radical (unpaired) electrons. The number of benzene rings is 1. The Bertz CT molecular complexity index is 661. The van der Waals surface area contributed by atoms with E-state index in [9.17, 15) is 0 Å². The van der Waals surface area contributed by atoms with Crippen LogP contribution in [-0.4, -0.2) is 23.2 Å². The van der Waals surface area contributed by atoms with Gasteiger partial charge in [-0.05, 0) is 54.4 Å². The van der Waals surface area contributed by atoms with Gasteiger partial charge in [0, 0.05) is 28.4 Å². The second-order valence-corrected chi connectivity index (χ2v) is 6.47. The molecule has 2 unspecified atom stereocenters. The van der Waals surface area contributed by atoms with E-state index in [1.54, 1.807) is 6.20 Å². The first-order valence-electron chi connectivity index (χ1n) is 6.73. The molecule has 2 heterocycles. The highest BCUT2D eigenvalue weighted by atomic mass is 79.9. The lowest BCUT2D eigenvalue weighted by Gasteiger charge is -2.30. The molecule has 1 aliphatic heterocycles. The number of aromatic nitrogens is 1. The SMILES string of the molecule is CC1OCCC1(C)Nc1ccc(N)c2cc(Br)cnc12. The van der Waals surface area contributed by atoms with E-state index >= 15 is 0 Å². The van der Waals surface area contributed by atoms with Gasteiger partial charge in [0.05, 0.1) is 22.8 Å². The summed E-state index contributed by atoms with van der Waals surface area (Å²) in [4.78, 5) is 4.51. The highest BCUT2D eigenvalue weighted by Gasteiger charge is 2.37. The van der Waals surface area contributed by atoms with Crippen molar-refractivity contribution >= 4 is 38.2 Å². The van der Waals surface area contributed by atoms with E-state index in [0.29, 0.717) is 0 Å². The summed E-state index contributed by atoms with van der Waals surface area (Å²) >= 11 is 3.44. The summed E-state index contributed by atoms with van der Waals surface area (Å²) in [6.45, 7) is 5.08. The summed E-state index contributed by atoms with van der Waals surface area (Å²) in [6, 6.07) is 5.91. The molecule has 1 aromatic carbocycles. The molecular weight excluding hydrogens is 318 g/mol. The monoisotopic (exact) mass is 335 g/mol. The first kappa shape index (κ1) is 13.6. The minimum absolute atomic E-state index is 0.0716. The van der Waals surface area contributed by atoms with Crippen LogP contribution in [0.3, 0.4) is 0 Å². The van der Waals surface area contributed by atoms with Gasteiger partial charge in [0.25, 0.3) is 0 Å². The fraction of sp³-hybridized carbons (Fsp3) is 0.400. The summed E-state index contributed by atoms with van der Waals surface area (Å²) < 4.78 is 6.61. The average Bonchev–Trinajstić information content (AvgIpc) is 2.73. The maximum atomic E-state index is 6.05. The van der Waals surface area contributed by atoms with Gasteiger partial charge in [-0.2, -0.15) is 0 Å². The number of fused-ring (bicyclic) bond motifs is 1. The second kappa shape index (κ2) is 4.90. The topological polar surface area (TPSA) is 60.2 Å². The minimum atomic E-state index is -0.0716. The zero-order valence-corrected chi connectivity index (χ0v) is 13.2. The Labute approximate surface area is 126 Å². The Morgan fingerprint density at radius 3 is 3.00 bits per heavy atom. The molecule has 2 aromatic rings. The molecule has 1 saturated heterocycles. The molecule has 3 rings (SSSR count). The van der Waals surface area contributed by atoms with E-state index in [0.717, 1.165) is 39.8 Å². The van der Waals surface area contributed by atoms with Crippen LogP contribution < -0.4 is 11.1 Å². The van der Waals surface area contributed by atoms with Crippen LogP contribution in [-0.2, 0) is 4.74 Å². The van der Waals surface area contributed by atoms with Crippen molar-refractivity contribution in [2.45, 2.75) is 31.9 Å². The molecule has 4 nitrogen and oxygen atoms in total. The zero-order valence-electron chi connectivity index (χ0n) is 11.6. The Kier molecular flexibility index (Phi) is 3.34. The molecule has 0 amide bonds. The fourth-order valence-electron chi connectivity index (χ4n) is 2.62. The van der Waals surface area contributed by atoms with Crippen LogP contribution in [0.4, 0.5) is 11.4 Å². The average molecular weight is 336 g/mol. The highest BCUT2D eigenvalue weighted by molar-refractivity contribution is 9.10. The lowest BCUT2D eigenvalue weighted by atomic mass is 9.94. The lowest BCUT2D eigenvalue weighted by molar-refractivity contribution is 0.105. The molecule has 1 aromatic heterocycles. The van der Waals surface area contributed by atoms with E-state index in [1.807, 2.05) is 18.2 Å². The molecular formula is C15H18BrN3O. The number of halogens is 1. The number of nitrogens with two attached hydrogens (primary N) is 1. The molecule has 20 heavy (non-hydrogen) atoms. The number of nitrogens with one attached hydrogen (secondary N) is 1. The van der Waals surface area contributed by atoms with Crippen LogP contribution >= 0.6 is 15.9 Å². The van der Waals surface area contributed by atoms with Crippen LogP contribution in [0, 0.1) is 0 Å². The molecule has 3 N–H and O–H groups in total. The van der Waals surface area contributed by atoms with Crippen LogP contribution in [0.2, 0.25) is 0 Å². The predicted octanol–water partition coefficient (Wildman–Crippen LogP) is 3.56. The maximum absolute atomic E-state index is 6.05. The van der Waals surface area contributed by atoms with Crippen LogP contribution in [0.15, 0.2) is 28.9 Å². The van der Waals surface area contributed by atoms with Crippen molar-refractivity contribution in [1.82, 2.24) is 4.98 Å². The van der Waals surface area contributed by atoms with E-state index < -0.39 is 0 Å².